The van der Waals surface area contributed by atoms with Gasteiger partial charge in [0.05, 0.1) is 16.5 Å². The van der Waals surface area contributed by atoms with Gasteiger partial charge in [0, 0.05) is 16.5 Å². The number of ether oxygens (including phenoxy) is 2. The second-order valence-electron chi connectivity index (χ2n) is 5.07. The number of fused-ring (bicyclic) bond motifs is 1. The Labute approximate surface area is 148 Å². The molecule has 24 heavy (non-hydrogen) atoms. The normalized spacial score (nSPS) is 12.1. The summed E-state index contributed by atoms with van der Waals surface area (Å²) in [5, 5.41) is 3.35. The van der Waals surface area contributed by atoms with Crippen LogP contribution in [0.2, 0.25) is 5.02 Å². The lowest BCUT2D eigenvalue weighted by molar-refractivity contribution is -0.113. The van der Waals surface area contributed by atoms with Gasteiger partial charge in [-0.25, -0.2) is 0 Å². The molecule has 0 saturated carbocycles. The molecule has 0 spiro atoms. The van der Waals surface area contributed by atoms with Crippen molar-refractivity contribution < 1.29 is 19.1 Å². The molecule has 7 heteroatoms. The van der Waals surface area contributed by atoms with Crippen LogP contribution in [0.1, 0.15) is 17.3 Å². The molecule has 1 aliphatic rings. The number of rotatable bonds is 5. The number of benzene rings is 2. The molecule has 0 bridgehead atoms. The molecule has 1 amide bonds. The van der Waals surface area contributed by atoms with Crippen LogP contribution in [0.3, 0.4) is 0 Å². The number of anilines is 1. The molecule has 0 fully saturated rings. The van der Waals surface area contributed by atoms with Crippen LogP contribution in [0, 0.1) is 0 Å². The molecule has 1 N–H and O–H groups in total. The van der Waals surface area contributed by atoms with Crippen LogP contribution < -0.4 is 14.8 Å². The lowest BCUT2D eigenvalue weighted by Crippen LogP contribution is -2.16. The van der Waals surface area contributed by atoms with Crippen molar-refractivity contribution >= 4 is 40.7 Å². The summed E-state index contributed by atoms with van der Waals surface area (Å²) in [5.41, 5.74) is 0.798. The predicted molar refractivity (Wildman–Crippen MR) is 93.4 cm³/mol. The van der Waals surface area contributed by atoms with E-state index < -0.39 is 0 Å². The number of carbonyl (C=O) groups excluding carboxylic acids is 2. The topological polar surface area (TPSA) is 64.6 Å². The Morgan fingerprint density at radius 3 is 2.62 bits per heavy atom. The Morgan fingerprint density at radius 1 is 1.21 bits per heavy atom. The van der Waals surface area contributed by atoms with E-state index in [0.29, 0.717) is 27.8 Å². The number of halogens is 1. The fourth-order valence-corrected chi connectivity index (χ4v) is 3.27. The number of thioether (sulfide) groups is 1. The molecule has 0 atom stereocenters. The van der Waals surface area contributed by atoms with Crippen LogP contribution in [0.25, 0.3) is 0 Å². The van der Waals surface area contributed by atoms with Gasteiger partial charge in [-0.1, -0.05) is 23.7 Å². The van der Waals surface area contributed by atoms with Crippen LogP contribution in [0.15, 0.2) is 41.3 Å². The summed E-state index contributed by atoms with van der Waals surface area (Å²) in [6.45, 7) is 1.54. The van der Waals surface area contributed by atoms with E-state index in [-0.39, 0.29) is 24.2 Å². The van der Waals surface area contributed by atoms with Crippen molar-refractivity contribution in [1.82, 2.24) is 0 Å². The number of amides is 1. The molecule has 3 rings (SSSR count). The number of Topliss-reactive ketones (excluding diaryl/α,β-unsaturated/α-hetero) is 1. The van der Waals surface area contributed by atoms with Gasteiger partial charge in [0.25, 0.3) is 0 Å². The minimum atomic E-state index is -0.235. The fraction of sp³-hybridized carbons (Fsp3) is 0.176. The number of hydrogen-bond acceptors (Lipinski definition) is 5. The van der Waals surface area contributed by atoms with Crippen molar-refractivity contribution in [3.05, 3.63) is 47.0 Å². The third-order valence-corrected chi connectivity index (χ3v) is 4.88. The summed E-state index contributed by atoms with van der Waals surface area (Å²) in [4.78, 5) is 24.8. The maximum Gasteiger partial charge on any atom is 0.234 e. The quantitative estimate of drug-likeness (QED) is 0.642. The van der Waals surface area contributed by atoms with Gasteiger partial charge in [0.15, 0.2) is 17.3 Å². The highest BCUT2D eigenvalue weighted by atomic mass is 35.5. The van der Waals surface area contributed by atoms with Crippen LogP contribution in [0.5, 0.6) is 11.5 Å². The van der Waals surface area contributed by atoms with Gasteiger partial charge in [0.1, 0.15) is 0 Å². The molecular formula is C17H14ClNO4S. The summed E-state index contributed by atoms with van der Waals surface area (Å²) in [6, 6.07) is 10.5. The Morgan fingerprint density at radius 2 is 1.92 bits per heavy atom. The number of hydrogen-bond donors (Lipinski definition) is 1. The molecule has 5 nitrogen and oxygen atoms in total. The lowest BCUT2D eigenvalue weighted by atomic mass is 10.1. The molecule has 0 aromatic heterocycles. The lowest BCUT2D eigenvalue weighted by Gasteiger charge is -2.11. The maximum absolute atomic E-state index is 12.2. The van der Waals surface area contributed by atoms with Crippen molar-refractivity contribution in [2.75, 3.05) is 17.9 Å². The second kappa shape index (κ2) is 7.15. The van der Waals surface area contributed by atoms with Gasteiger partial charge in [0.2, 0.25) is 12.7 Å². The molecule has 0 radical (unpaired) electrons. The average molecular weight is 364 g/mol. The van der Waals surface area contributed by atoms with Gasteiger partial charge >= 0.3 is 0 Å². The van der Waals surface area contributed by atoms with Gasteiger partial charge < -0.3 is 14.8 Å². The Kier molecular flexibility index (Phi) is 4.97. The number of carbonyl (C=O) groups is 2. The fourth-order valence-electron chi connectivity index (χ4n) is 2.23. The molecule has 124 valence electrons. The Bertz CT molecular complexity index is 809. The predicted octanol–water partition coefficient (Wildman–Crippen LogP) is 4.00. The molecule has 0 unspecified atom stereocenters. The van der Waals surface area contributed by atoms with E-state index in [1.807, 2.05) is 18.2 Å². The summed E-state index contributed by atoms with van der Waals surface area (Å²) in [5.74, 6) is 0.788. The first-order valence-electron chi connectivity index (χ1n) is 7.16. The van der Waals surface area contributed by atoms with Crippen molar-refractivity contribution in [1.29, 1.82) is 0 Å². The van der Waals surface area contributed by atoms with Crippen molar-refractivity contribution in [2.24, 2.45) is 0 Å². The SMILES string of the molecule is CC(=O)c1cc2c(cc1NC(=O)CSc1ccccc1Cl)OCO2. The van der Waals surface area contributed by atoms with Crippen molar-refractivity contribution in [2.45, 2.75) is 11.8 Å². The molecule has 2 aromatic rings. The Hall–Kier alpha value is -2.18. The second-order valence-corrected chi connectivity index (χ2v) is 6.50. The van der Waals surface area contributed by atoms with Crippen LogP contribution in [-0.4, -0.2) is 24.2 Å². The largest absolute Gasteiger partial charge is 0.454 e. The van der Waals surface area contributed by atoms with E-state index in [0.717, 1.165) is 4.90 Å². The Balaban J connectivity index is 1.72. The summed E-state index contributed by atoms with van der Waals surface area (Å²) < 4.78 is 10.6. The van der Waals surface area contributed by atoms with Gasteiger partial charge in [-0.3, -0.25) is 9.59 Å². The minimum absolute atomic E-state index is 0.104. The van der Waals surface area contributed by atoms with Crippen molar-refractivity contribution in [3.8, 4) is 11.5 Å². The average Bonchev–Trinajstić information content (AvgIpc) is 3.00. The number of ketones is 1. The minimum Gasteiger partial charge on any atom is -0.454 e. The maximum atomic E-state index is 12.2. The third kappa shape index (κ3) is 3.66. The molecule has 1 aliphatic heterocycles. The summed E-state index contributed by atoms with van der Waals surface area (Å²) in [7, 11) is 0. The highest BCUT2D eigenvalue weighted by Crippen LogP contribution is 2.37. The van der Waals surface area contributed by atoms with Crippen LogP contribution >= 0.6 is 23.4 Å². The highest BCUT2D eigenvalue weighted by Gasteiger charge is 2.20. The van der Waals surface area contributed by atoms with Crippen LogP contribution in [0.4, 0.5) is 5.69 Å². The molecule has 0 aliphatic carbocycles. The van der Waals surface area contributed by atoms with Gasteiger partial charge in [-0.15, -0.1) is 11.8 Å². The molecule has 2 aromatic carbocycles. The first-order chi connectivity index (χ1) is 11.5. The molecular weight excluding hydrogens is 350 g/mol. The summed E-state index contributed by atoms with van der Waals surface area (Å²) >= 11 is 7.40. The van der Waals surface area contributed by atoms with Crippen LogP contribution in [-0.2, 0) is 4.79 Å². The van der Waals surface area contributed by atoms with E-state index in [2.05, 4.69) is 5.32 Å². The third-order valence-electron chi connectivity index (χ3n) is 3.36. The van der Waals surface area contributed by atoms with E-state index in [4.69, 9.17) is 21.1 Å². The number of nitrogens with one attached hydrogen (secondary N) is 1. The molecule has 0 saturated heterocycles. The van der Waals surface area contributed by atoms with Gasteiger partial charge in [-0.2, -0.15) is 0 Å². The first-order valence-corrected chi connectivity index (χ1v) is 8.52. The zero-order valence-electron chi connectivity index (χ0n) is 12.8. The molecule has 1 heterocycles. The smallest absolute Gasteiger partial charge is 0.234 e. The van der Waals surface area contributed by atoms with Gasteiger partial charge in [-0.05, 0) is 25.1 Å². The van der Waals surface area contributed by atoms with E-state index in [9.17, 15) is 9.59 Å². The monoisotopic (exact) mass is 363 g/mol. The highest BCUT2D eigenvalue weighted by molar-refractivity contribution is 8.00. The van der Waals surface area contributed by atoms with Crippen molar-refractivity contribution in [3.63, 3.8) is 0 Å². The summed E-state index contributed by atoms with van der Waals surface area (Å²) in [6.07, 6.45) is 0. The van der Waals surface area contributed by atoms with E-state index in [1.165, 1.54) is 18.7 Å². The standard InChI is InChI=1S/C17H14ClNO4S/c1-10(20)11-6-14-15(23-9-22-14)7-13(11)19-17(21)8-24-16-5-3-2-4-12(16)18/h2-7H,8-9H2,1H3,(H,19,21). The first kappa shape index (κ1) is 16.7. The van der Waals surface area contributed by atoms with E-state index >= 15 is 0 Å². The van der Waals surface area contributed by atoms with E-state index in [1.54, 1.807) is 18.2 Å². The zero-order chi connectivity index (χ0) is 17.1. The zero-order valence-corrected chi connectivity index (χ0v) is 14.4.